The molecular formula is C21H19F3N4O. The number of halogens is 3. The number of carbonyl (C=O) groups excluding carboxylic acids is 1. The lowest BCUT2D eigenvalue weighted by Crippen LogP contribution is -2.38. The number of benzene rings is 1. The van der Waals surface area contributed by atoms with Crippen molar-refractivity contribution in [3.63, 3.8) is 0 Å². The van der Waals surface area contributed by atoms with E-state index in [0.717, 1.165) is 17.2 Å². The van der Waals surface area contributed by atoms with E-state index in [1.807, 2.05) is 0 Å². The summed E-state index contributed by atoms with van der Waals surface area (Å²) in [6, 6.07) is 10.9. The zero-order valence-corrected chi connectivity index (χ0v) is 15.4. The van der Waals surface area contributed by atoms with E-state index in [4.69, 9.17) is 0 Å². The second-order valence-electron chi connectivity index (χ2n) is 6.34. The summed E-state index contributed by atoms with van der Waals surface area (Å²) in [6.07, 6.45) is 1.80. The molecule has 2 N–H and O–H groups in total. The van der Waals surface area contributed by atoms with Crippen molar-refractivity contribution in [3.05, 3.63) is 95.6 Å². The molecular weight excluding hydrogens is 381 g/mol. The van der Waals surface area contributed by atoms with Crippen molar-refractivity contribution in [2.75, 3.05) is 0 Å². The van der Waals surface area contributed by atoms with Gasteiger partial charge in [0.2, 0.25) is 5.91 Å². The fourth-order valence-electron chi connectivity index (χ4n) is 2.87. The molecule has 0 aliphatic rings. The highest BCUT2D eigenvalue weighted by Crippen LogP contribution is 2.34. The smallest absolute Gasteiger partial charge is 0.350 e. The van der Waals surface area contributed by atoms with Crippen LogP contribution >= 0.6 is 0 Å². The summed E-state index contributed by atoms with van der Waals surface area (Å²) in [6.45, 7) is 0.344. The molecule has 1 unspecified atom stereocenters. The molecule has 0 radical (unpaired) electrons. The number of amides is 1. The first-order chi connectivity index (χ1) is 13.9. The first-order valence-corrected chi connectivity index (χ1v) is 8.90. The van der Waals surface area contributed by atoms with Gasteiger partial charge in [-0.25, -0.2) is 0 Å². The number of aromatic nitrogens is 2. The highest BCUT2D eigenvalue weighted by atomic mass is 19.4. The fraction of sp³-hybridized carbons (Fsp3) is 0.190. The molecule has 8 heteroatoms. The Morgan fingerprint density at radius 3 is 2.10 bits per heavy atom. The van der Waals surface area contributed by atoms with Crippen molar-refractivity contribution in [1.82, 2.24) is 20.6 Å². The Morgan fingerprint density at radius 1 is 0.897 bits per heavy atom. The van der Waals surface area contributed by atoms with Crippen LogP contribution < -0.4 is 10.6 Å². The van der Waals surface area contributed by atoms with Gasteiger partial charge >= 0.3 is 6.18 Å². The normalized spacial score (nSPS) is 12.4. The molecule has 0 saturated carbocycles. The van der Waals surface area contributed by atoms with Gasteiger partial charge < -0.3 is 5.32 Å². The van der Waals surface area contributed by atoms with Crippen LogP contribution in [0.1, 0.15) is 28.3 Å². The zero-order valence-electron chi connectivity index (χ0n) is 15.4. The largest absolute Gasteiger partial charge is 0.416 e. The fourth-order valence-corrected chi connectivity index (χ4v) is 2.87. The molecule has 5 nitrogen and oxygen atoms in total. The highest BCUT2D eigenvalue weighted by Gasteiger charge is 2.36. The minimum Gasteiger partial charge on any atom is -0.350 e. The second kappa shape index (κ2) is 9.29. The van der Waals surface area contributed by atoms with Gasteiger partial charge in [0.1, 0.15) is 6.04 Å². The third-order valence-corrected chi connectivity index (χ3v) is 4.26. The predicted octanol–water partition coefficient (Wildman–Crippen LogP) is 3.64. The Hall–Kier alpha value is -3.26. The Bertz CT molecular complexity index is 933. The molecule has 0 aliphatic heterocycles. The topological polar surface area (TPSA) is 66.9 Å². The van der Waals surface area contributed by atoms with E-state index < -0.39 is 23.7 Å². The number of nitrogens with zero attached hydrogens (tertiary/aromatic N) is 2. The molecule has 1 aromatic carbocycles. The van der Waals surface area contributed by atoms with Gasteiger partial charge in [-0.2, -0.15) is 13.2 Å². The molecule has 0 spiro atoms. The number of hydrogen-bond acceptors (Lipinski definition) is 4. The number of pyridine rings is 2. The SMILES string of the molecule is O=C(NCc1cccnc1)C(NCc1cccnc1)c1ccccc1C(F)(F)F. The highest BCUT2D eigenvalue weighted by molar-refractivity contribution is 5.83. The van der Waals surface area contributed by atoms with Gasteiger partial charge in [0.15, 0.2) is 0 Å². The second-order valence-corrected chi connectivity index (χ2v) is 6.34. The molecule has 3 aromatic rings. The van der Waals surface area contributed by atoms with Crippen molar-refractivity contribution in [3.8, 4) is 0 Å². The van der Waals surface area contributed by atoms with Crippen molar-refractivity contribution in [2.45, 2.75) is 25.3 Å². The van der Waals surface area contributed by atoms with Gasteiger partial charge in [0, 0.05) is 37.9 Å². The van der Waals surface area contributed by atoms with Crippen LogP contribution in [0.5, 0.6) is 0 Å². The van der Waals surface area contributed by atoms with Crippen molar-refractivity contribution in [1.29, 1.82) is 0 Å². The maximum absolute atomic E-state index is 13.5. The van der Waals surface area contributed by atoms with E-state index in [-0.39, 0.29) is 18.7 Å². The molecule has 0 saturated heterocycles. The Labute approximate surface area is 166 Å². The molecule has 0 bridgehead atoms. The summed E-state index contributed by atoms with van der Waals surface area (Å²) in [5.41, 5.74) is 0.519. The van der Waals surface area contributed by atoms with E-state index in [0.29, 0.717) is 0 Å². The third-order valence-electron chi connectivity index (χ3n) is 4.26. The van der Waals surface area contributed by atoms with Gasteiger partial charge in [-0.3, -0.25) is 20.1 Å². The first-order valence-electron chi connectivity index (χ1n) is 8.90. The van der Waals surface area contributed by atoms with Crippen molar-refractivity contribution >= 4 is 5.91 Å². The Balaban J connectivity index is 1.84. The summed E-state index contributed by atoms with van der Waals surface area (Å²) < 4.78 is 40.5. The standard InChI is InChI=1S/C21H19F3N4O/c22-21(23,24)18-8-2-1-7-17(18)19(27-13-15-5-3-9-25-11-15)20(29)28-14-16-6-4-10-26-12-16/h1-12,19,27H,13-14H2,(H,28,29). The van der Waals surface area contributed by atoms with E-state index in [9.17, 15) is 18.0 Å². The van der Waals surface area contributed by atoms with Crippen molar-refractivity contribution in [2.24, 2.45) is 0 Å². The zero-order chi connectivity index (χ0) is 20.7. The number of carbonyl (C=O) groups is 1. The quantitative estimate of drug-likeness (QED) is 0.636. The maximum atomic E-state index is 13.5. The van der Waals surface area contributed by atoms with Gasteiger partial charge in [-0.15, -0.1) is 0 Å². The van der Waals surface area contributed by atoms with Crippen LogP contribution in [-0.4, -0.2) is 15.9 Å². The number of alkyl halides is 3. The van der Waals surface area contributed by atoms with E-state index >= 15 is 0 Å². The van der Waals surface area contributed by atoms with Gasteiger partial charge in [0.05, 0.1) is 5.56 Å². The van der Waals surface area contributed by atoms with Crippen LogP contribution in [0.3, 0.4) is 0 Å². The lowest BCUT2D eigenvalue weighted by molar-refractivity contribution is -0.138. The number of rotatable bonds is 7. The summed E-state index contributed by atoms with van der Waals surface area (Å²) in [7, 11) is 0. The lowest BCUT2D eigenvalue weighted by Gasteiger charge is -2.22. The third kappa shape index (κ3) is 5.61. The van der Waals surface area contributed by atoms with Crippen LogP contribution in [0.25, 0.3) is 0 Å². The molecule has 2 heterocycles. The lowest BCUT2D eigenvalue weighted by atomic mass is 9.98. The van der Waals surface area contributed by atoms with Gasteiger partial charge in [-0.1, -0.05) is 30.3 Å². The van der Waals surface area contributed by atoms with Crippen molar-refractivity contribution < 1.29 is 18.0 Å². The average Bonchev–Trinajstić information content (AvgIpc) is 2.73. The van der Waals surface area contributed by atoms with Crippen LogP contribution in [-0.2, 0) is 24.1 Å². The van der Waals surface area contributed by atoms with Gasteiger partial charge in [-0.05, 0) is 34.9 Å². The Morgan fingerprint density at radius 2 is 1.52 bits per heavy atom. The number of nitrogens with one attached hydrogen (secondary N) is 2. The van der Waals surface area contributed by atoms with Crippen LogP contribution in [0.15, 0.2) is 73.3 Å². The monoisotopic (exact) mass is 400 g/mol. The molecule has 0 fully saturated rings. The minimum atomic E-state index is -4.57. The molecule has 3 rings (SSSR count). The average molecular weight is 400 g/mol. The van der Waals surface area contributed by atoms with Crippen LogP contribution in [0.2, 0.25) is 0 Å². The molecule has 1 amide bonds. The summed E-state index contributed by atoms with van der Waals surface area (Å²) >= 11 is 0. The van der Waals surface area contributed by atoms with E-state index in [2.05, 4.69) is 20.6 Å². The summed E-state index contributed by atoms with van der Waals surface area (Å²) in [5, 5.41) is 5.62. The summed E-state index contributed by atoms with van der Waals surface area (Å²) in [5.74, 6) is -0.561. The molecule has 150 valence electrons. The predicted molar refractivity (Wildman–Crippen MR) is 101 cm³/mol. The molecule has 0 aliphatic carbocycles. The summed E-state index contributed by atoms with van der Waals surface area (Å²) in [4.78, 5) is 20.8. The molecule has 29 heavy (non-hydrogen) atoms. The molecule has 1 atom stereocenters. The minimum absolute atomic E-state index is 0.132. The van der Waals surface area contributed by atoms with Crippen LogP contribution in [0, 0.1) is 0 Å². The first kappa shape index (κ1) is 20.5. The van der Waals surface area contributed by atoms with Gasteiger partial charge in [0.25, 0.3) is 0 Å². The van der Waals surface area contributed by atoms with E-state index in [1.165, 1.54) is 18.2 Å². The Kier molecular flexibility index (Phi) is 6.56. The van der Waals surface area contributed by atoms with Crippen LogP contribution in [0.4, 0.5) is 13.2 Å². The molecule has 2 aromatic heterocycles. The van der Waals surface area contributed by atoms with E-state index in [1.54, 1.807) is 49.1 Å². The maximum Gasteiger partial charge on any atom is 0.416 e. The number of hydrogen-bond donors (Lipinski definition) is 2.